The van der Waals surface area contributed by atoms with Crippen LogP contribution in [0.3, 0.4) is 0 Å². The van der Waals surface area contributed by atoms with E-state index in [9.17, 15) is 4.79 Å². The van der Waals surface area contributed by atoms with Crippen molar-refractivity contribution in [3.63, 3.8) is 0 Å². The molecule has 6 nitrogen and oxygen atoms in total. The van der Waals surface area contributed by atoms with E-state index in [-0.39, 0.29) is 11.8 Å². The first-order valence-corrected chi connectivity index (χ1v) is 11.6. The minimum Gasteiger partial charge on any atom is -0.326 e. The fraction of sp³-hybridized carbons (Fsp3) is 0.240. The molecule has 0 radical (unpaired) electrons. The third kappa shape index (κ3) is 4.45. The van der Waals surface area contributed by atoms with E-state index in [0.29, 0.717) is 0 Å². The van der Waals surface area contributed by atoms with Crippen LogP contribution in [0.15, 0.2) is 77.5 Å². The van der Waals surface area contributed by atoms with E-state index in [1.807, 2.05) is 18.2 Å². The molecule has 0 atom stereocenters. The number of likely N-dealkylation sites (tertiary alicyclic amines) is 1. The van der Waals surface area contributed by atoms with Crippen LogP contribution in [0.1, 0.15) is 18.7 Å². The summed E-state index contributed by atoms with van der Waals surface area (Å²) < 4.78 is 3.30. The van der Waals surface area contributed by atoms with E-state index < -0.39 is 0 Å². The lowest BCUT2D eigenvalue weighted by Crippen LogP contribution is -2.38. The molecule has 1 aliphatic heterocycles. The number of carbonyl (C=O) groups excluding carboxylic acids is 1. The van der Waals surface area contributed by atoms with Gasteiger partial charge < -0.3 is 5.32 Å². The molecule has 4 aromatic rings. The number of para-hydroxylation sites is 2. The molecule has 0 aliphatic carbocycles. The van der Waals surface area contributed by atoms with Crippen molar-refractivity contribution in [2.45, 2.75) is 19.4 Å². The van der Waals surface area contributed by atoms with Crippen molar-refractivity contribution in [2.75, 3.05) is 18.4 Å². The van der Waals surface area contributed by atoms with E-state index in [4.69, 9.17) is 4.98 Å². The Bertz CT molecular complexity index is 1210. The number of halogens is 1. The van der Waals surface area contributed by atoms with E-state index in [2.05, 4.69) is 78.2 Å². The van der Waals surface area contributed by atoms with Crippen molar-refractivity contribution in [3.8, 4) is 5.69 Å². The molecule has 0 spiro atoms. The normalized spacial score (nSPS) is 15.2. The summed E-state index contributed by atoms with van der Waals surface area (Å²) in [6.07, 6.45) is 5.07. The number of benzene rings is 2. The standard InChI is InChI=1S/C25H24BrN5O/c26-19-5-7-21(8-6-19)31-23-4-2-1-3-22(23)29-24(31)17-30-15-11-18(12-16-30)25(32)28-20-9-13-27-14-10-20/h1-10,13-14,18H,11-12,15-17H2,(H,27,28,32). The van der Waals surface area contributed by atoms with Gasteiger partial charge in [-0.1, -0.05) is 28.1 Å². The second-order valence-electron chi connectivity index (χ2n) is 8.10. The Kier molecular flexibility index (Phi) is 6.01. The lowest BCUT2D eigenvalue weighted by atomic mass is 9.96. The van der Waals surface area contributed by atoms with Gasteiger partial charge in [0.25, 0.3) is 0 Å². The quantitative estimate of drug-likeness (QED) is 0.426. The summed E-state index contributed by atoms with van der Waals surface area (Å²) in [4.78, 5) is 24.0. The van der Waals surface area contributed by atoms with Crippen LogP contribution in [-0.2, 0) is 11.3 Å². The van der Waals surface area contributed by atoms with E-state index in [0.717, 1.165) is 65.2 Å². The van der Waals surface area contributed by atoms with Crippen LogP contribution in [0, 0.1) is 5.92 Å². The number of rotatable bonds is 5. The molecule has 1 aliphatic rings. The highest BCUT2D eigenvalue weighted by atomic mass is 79.9. The second-order valence-corrected chi connectivity index (χ2v) is 9.02. The number of nitrogens with zero attached hydrogens (tertiary/aromatic N) is 4. The average molecular weight is 490 g/mol. The molecule has 2 aromatic carbocycles. The molecule has 7 heteroatoms. The number of nitrogens with one attached hydrogen (secondary N) is 1. The first-order chi connectivity index (χ1) is 15.7. The van der Waals surface area contributed by atoms with Gasteiger partial charge in [-0.25, -0.2) is 4.98 Å². The van der Waals surface area contributed by atoms with Gasteiger partial charge in [0.2, 0.25) is 5.91 Å². The molecular formula is C25H24BrN5O. The molecule has 0 saturated carbocycles. The summed E-state index contributed by atoms with van der Waals surface area (Å²) >= 11 is 3.53. The summed E-state index contributed by atoms with van der Waals surface area (Å²) in [7, 11) is 0. The minimum absolute atomic E-state index is 0.0321. The van der Waals surface area contributed by atoms with Crippen LogP contribution < -0.4 is 5.32 Å². The van der Waals surface area contributed by atoms with Gasteiger partial charge in [-0.2, -0.15) is 0 Å². The zero-order valence-corrected chi connectivity index (χ0v) is 19.2. The number of anilines is 1. The van der Waals surface area contributed by atoms with Crippen LogP contribution in [0.5, 0.6) is 0 Å². The van der Waals surface area contributed by atoms with Crippen LogP contribution in [-0.4, -0.2) is 38.4 Å². The number of pyridine rings is 1. The van der Waals surface area contributed by atoms with Gasteiger partial charge in [-0.15, -0.1) is 0 Å². The van der Waals surface area contributed by atoms with E-state index in [1.165, 1.54) is 0 Å². The molecule has 1 N–H and O–H groups in total. The van der Waals surface area contributed by atoms with Crippen LogP contribution in [0.25, 0.3) is 16.7 Å². The Morgan fingerprint density at radius 2 is 1.72 bits per heavy atom. The first kappa shape index (κ1) is 20.8. The summed E-state index contributed by atoms with van der Waals surface area (Å²) in [6, 6.07) is 20.2. The molecule has 0 bridgehead atoms. The lowest BCUT2D eigenvalue weighted by Gasteiger charge is -2.31. The van der Waals surface area contributed by atoms with E-state index in [1.54, 1.807) is 12.4 Å². The van der Waals surface area contributed by atoms with Crippen molar-refractivity contribution in [1.29, 1.82) is 0 Å². The highest BCUT2D eigenvalue weighted by molar-refractivity contribution is 9.10. The number of hydrogen-bond donors (Lipinski definition) is 1. The number of amides is 1. The number of aromatic nitrogens is 3. The smallest absolute Gasteiger partial charge is 0.227 e. The highest BCUT2D eigenvalue weighted by Crippen LogP contribution is 2.26. The Hall–Kier alpha value is -3.03. The molecule has 2 aromatic heterocycles. The molecule has 5 rings (SSSR count). The SMILES string of the molecule is O=C(Nc1ccncc1)C1CCN(Cc2nc3ccccc3n2-c2ccc(Br)cc2)CC1. The summed E-state index contributed by atoms with van der Waals surface area (Å²) in [5.74, 6) is 1.15. The molecule has 0 unspecified atom stereocenters. The molecule has 32 heavy (non-hydrogen) atoms. The monoisotopic (exact) mass is 489 g/mol. The van der Waals surface area contributed by atoms with Gasteiger partial charge in [-0.3, -0.25) is 19.2 Å². The topological polar surface area (TPSA) is 63.1 Å². The predicted molar refractivity (Wildman–Crippen MR) is 130 cm³/mol. The average Bonchev–Trinajstić information content (AvgIpc) is 3.18. The molecule has 1 fully saturated rings. The molecule has 162 valence electrons. The molecule has 1 saturated heterocycles. The van der Waals surface area contributed by atoms with Crippen LogP contribution >= 0.6 is 15.9 Å². The van der Waals surface area contributed by atoms with Crippen molar-refractivity contribution < 1.29 is 4.79 Å². The van der Waals surface area contributed by atoms with Crippen molar-refractivity contribution in [1.82, 2.24) is 19.4 Å². The first-order valence-electron chi connectivity index (χ1n) is 10.8. The van der Waals surface area contributed by atoms with Crippen molar-refractivity contribution in [3.05, 3.63) is 83.4 Å². The van der Waals surface area contributed by atoms with Gasteiger partial charge in [-0.05, 0) is 74.5 Å². The largest absolute Gasteiger partial charge is 0.326 e. The fourth-order valence-corrected chi connectivity index (χ4v) is 4.56. The van der Waals surface area contributed by atoms with Crippen LogP contribution in [0.4, 0.5) is 5.69 Å². The van der Waals surface area contributed by atoms with Gasteiger partial charge in [0.05, 0.1) is 17.6 Å². The summed E-state index contributed by atoms with van der Waals surface area (Å²) in [6.45, 7) is 2.50. The maximum absolute atomic E-state index is 12.6. The Morgan fingerprint density at radius 3 is 2.47 bits per heavy atom. The van der Waals surface area contributed by atoms with E-state index >= 15 is 0 Å². The summed E-state index contributed by atoms with van der Waals surface area (Å²) in [5.41, 5.74) is 4.01. The number of piperidine rings is 1. The van der Waals surface area contributed by atoms with Crippen LogP contribution in [0.2, 0.25) is 0 Å². The molecular weight excluding hydrogens is 466 g/mol. The maximum atomic E-state index is 12.6. The third-order valence-electron chi connectivity index (χ3n) is 5.99. The van der Waals surface area contributed by atoms with Gasteiger partial charge >= 0.3 is 0 Å². The Labute approximate surface area is 195 Å². The van der Waals surface area contributed by atoms with Gasteiger partial charge in [0, 0.05) is 34.2 Å². The predicted octanol–water partition coefficient (Wildman–Crippen LogP) is 5.03. The third-order valence-corrected chi connectivity index (χ3v) is 6.52. The molecule has 1 amide bonds. The number of hydrogen-bond acceptors (Lipinski definition) is 4. The Morgan fingerprint density at radius 1 is 1.00 bits per heavy atom. The lowest BCUT2D eigenvalue weighted by molar-refractivity contribution is -0.121. The van der Waals surface area contributed by atoms with Crippen molar-refractivity contribution in [2.24, 2.45) is 5.92 Å². The fourth-order valence-electron chi connectivity index (χ4n) is 4.29. The highest BCUT2D eigenvalue weighted by Gasteiger charge is 2.26. The zero-order valence-electron chi connectivity index (χ0n) is 17.6. The second kappa shape index (κ2) is 9.22. The van der Waals surface area contributed by atoms with Crippen molar-refractivity contribution >= 4 is 38.6 Å². The number of fused-ring (bicyclic) bond motifs is 1. The zero-order chi connectivity index (χ0) is 21.9. The minimum atomic E-state index is 0.0321. The summed E-state index contributed by atoms with van der Waals surface area (Å²) in [5, 5.41) is 3.01. The maximum Gasteiger partial charge on any atom is 0.227 e. The van der Waals surface area contributed by atoms with Gasteiger partial charge in [0.1, 0.15) is 5.82 Å². The number of carbonyl (C=O) groups is 1. The Balaban J connectivity index is 1.30. The van der Waals surface area contributed by atoms with Gasteiger partial charge in [0.15, 0.2) is 0 Å². The number of imidazole rings is 1. The molecule has 3 heterocycles.